The topological polar surface area (TPSA) is 4.93 Å². The van der Waals surface area contributed by atoms with Gasteiger partial charge in [0, 0.05) is 21.6 Å². The number of rotatable bonds is 5. The minimum Gasteiger partial charge on any atom is -0.308 e. The quantitative estimate of drug-likeness (QED) is 0.153. The van der Waals surface area contributed by atoms with Gasteiger partial charge in [-0.3, -0.25) is 0 Å². The zero-order valence-electron chi connectivity index (χ0n) is 34.6. The second-order valence-electron chi connectivity index (χ2n) is 17.1. The lowest BCUT2D eigenvalue weighted by Gasteiger charge is -2.25. The van der Waals surface area contributed by atoms with Gasteiger partial charge in [-0.05, 0) is 119 Å². The van der Waals surface area contributed by atoms with Crippen LogP contribution in [0.2, 0.25) is 0 Å². The maximum atomic E-state index is 2.63. The highest BCUT2D eigenvalue weighted by atomic mass is 15.0. The summed E-state index contributed by atoms with van der Waals surface area (Å²) in [6, 6.07) is 68.2. The number of fused-ring (bicyclic) bond motifs is 13. The standard InChI is InChI=1S/C60H43N/c1-4-5-6-18-38-19-15-24-41(35-38)51-36-53-56(47-29-13-11-27-45(47)51)49-33-34-50-57-48-30-14-12-28-46(48)52(44-31-16-22-39-20-7-9-25-42(39)44)37-55(57)61(59(50)58(49)60(53,2)3)54-32-17-23-40-21-8-10-26-43(40)54/h4-37H,1-3H3/b5-4-,18-6-. The van der Waals surface area contributed by atoms with Gasteiger partial charge in [0.15, 0.2) is 0 Å². The molecule has 11 aromatic rings. The van der Waals surface area contributed by atoms with Crippen molar-refractivity contribution >= 4 is 71.0 Å². The van der Waals surface area contributed by atoms with E-state index >= 15 is 0 Å². The molecule has 0 fully saturated rings. The van der Waals surface area contributed by atoms with Crippen molar-refractivity contribution in [2.75, 3.05) is 0 Å². The van der Waals surface area contributed by atoms with Gasteiger partial charge in [-0.2, -0.15) is 0 Å². The molecule has 288 valence electrons. The summed E-state index contributed by atoms with van der Waals surface area (Å²) in [6.07, 6.45) is 8.46. The van der Waals surface area contributed by atoms with Crippen LogP contribution in [0.1, 0.15) is 37.5 Å². The Morgan fingerprint density at radius 2 is 1.10 bits per heavy atom. The Bertz CT molecular complexity index is 3670. The van der Waals surface area contributed by atoms with E-state index in [-0.39, 0.29) is 5.41 Å². The highest BCUT2D eigenvalue weighted by Gasteiger charge is 2.40. The summed E-state index contributed by atoms with van der Waals surface area (Å²) in [5.41, 5.74) is 15.0. The van der Waals surface area contributed by atoms with Crippen LogP contribution < -0.4 is 0 Å². The number of benzene rings is 10. The van der Waals surface area contributed by atoms with E-state index in [2.05, 4.69) is 232 Å². The van der Waals surface area contributed by atoms with Crippen molar-refractivity contribution in [1.29, 1.82) is 0 Å². The number of nitrogens with zero attached hydrogens (tertiary/aromatic N) is 1. The molecule has 1 heterocycles. The molecule has 0 saturated heterocycles. The molecule has 0 aliphatic heterocycles. The molecule has 1 aliphatic carbocycles. The summed E-state index contributed by atoms with van der Waals surface area (Å²) in [5, 5.41) is 12.7. The molecule has 0 saturated carbocycles. The first-order chi connectivity index (χ1) is 30.0. The lowest BCUT2D eigenvalue weighted by atomic mass is 9.79. The van der Waals surface area contributed by atoms with Gasteiger partial charge in [-0.1, -0.05) is 196 Å². The van der Waals surface area contributed by atoms with Crippen LogP contribution in [0.3, 0.4) is 0 Å². The first kappa shape index (κ1) is 35.5. The second kappa shape index (κ2) is 13.5. The van der Waals surface area contributed by atoms with E-state index in [4.69, 9.17) is 0 Å². The maximum Gasteiger partial charge on any atom is 0.0588 e. The highest BCUT2D eigenvalue weighted by molar-refractivity contribution is 6.27. The molecule has 61 heavy (non-hydrogen) atoms. The molecule has 0 spiro atoms. The Morgan fingerprint density at radius 1 is 0.459 bits per heavy atom. The molecule has 1 aliphatic rings. The van der Waals surface area contributed by atoms with E-state index in [0.29, 0.717) is 0 Å². The Hall–Kier alpha value is -7.48. The van der Waals surface area contributed by atoms with Gasteiger partial charge >= 0.3 is 0 Å². The molecule has 0 N–H and O–H groups in total. The van der Waals surface area contributed by atoms with Crippen LogP contribution in [0, 0.1) is 0 Å². The summed E-state index contributed by atoms with van der Waals surface area (Å²) in [5.74, 6) is 0. The van der Waals surface area contributed by atoms with Gasteiger partial charge in [0.1, 0.15) is 0 Å². The molecule has 0 bridgehead atoms. The molecule has 1 heteroatoms. The van der Waals surface area contributed by atoms with Crippen LogP contribution >= 0.6 is 0 Å². The molecule has 0 atom stereocenters. The minimum atomic E-state index is -0.322. The van der Waals surface area contributed by atoms with Crippen molar-refractivity contribution in [3.8, 4) is 39.1 Å². The normalized spacial score (nSPS) is 13.5. The van der Waals surface area contributed by atoms with Gasteiger partial charge in [0.25, 0.3) is 0 Å². The molecule has 0 amide bonds. The zero-order valence-corrected chi connectivity index (χ0v) is 34.6. The van der Waals surface area contributed by atoms with Crippen LogP contribution in [0.25, 0.3) is 110 Å². The van der Waals surface area contributed by atoms with Crippen molar-refractivity contribution in [3.63, 3.8) is 0 Å². The first-order valence-electron chi connectivity index (χ1n) is 21.5. The minimum absolute atomic E-state index is 0.322. The molecule has 10 aromatic carbocycles. The number of hydrogen-bond donors (Lipinski definition) is 0. The van der Waals surface area contributed by atoms with Crippen molar-refractivity contribution in [2.45, 2.75) is 26.2 Å². The van der Waals surface area contributed by atoms with Crippen molar-refractivity contribution in [3.05, 3.63) is 217 Å². The smallest absolute Gasteiger partial charge is 0.0588 e. The fourth-order valence-corrected chi connectivity index (χ4v) is 10.8. The van der Waals surface area contributed by atoms with Gasteiger partial charge in [0.2, 0.25) is 0 Å². The highest BCUT2D eigenvalue weighted by Crippen LogP contribution is 2.57. The Kier molecular flexibility index (Phi) is 7.86. The summed E-state index contributed by atoms with van der Waals surface area (Å²) >= 11 is 0. The van der Waals surface area contributed by atoms with Gasteiger partial charge in [-0.15, -0.1) is 0 Å². The number of hydrogen-bond acceptors (Lipinski definition) is 0. The first-order valence-corrected chi connectivity index (χ1v) is 21.5. The van der Waals surface area contributed by atoms with E-state index in [0.717, 1.165) is 0 Å². The largest absolute Gasteiger partial charge is 0.308 e. The molecule has 1 aromatic heterocycles. The van der Waals surface area contributed by atoms with Crippen LogP contribution in [0.5, 0.6) is 0 Å². The van der Waals surface area contributed by atoms with Crippen LogP contribution in [0.4, 0.5) is 0 Å². The van der Waals surface area contributed by atoms with Crippen molar-refractivity contribution in [1.82, 2.24) is 4.57 Å². The Balaban J connectivity index is 1.22. The van der Waals surface area contributed by atoms with Gasteiger partial charge in [-0.25, -0.2) is 0 Å². The van der Waals surface area contributed by atoms with Crippen LogP contribution in [-0.4, -0.2) is 4.57 Å². The summed E-state index contributed by atoms with van der Waals surface area (Å²) in [4.78, 5) is 0. The van der Waals surface area contributed by atoms with Crippen LogP contribution in [-0.2, 0) is 5.41 Å². The Labute approximate surface area is 356 Å². The third kappa shape index (κ3) is 5.20. The van der Waals surface area contributed by atoms with E-state index in [1.165, 1.54) is 121 Å². The maximum absolute atomic E-state index is 2.63. The molecular weight excluding hydrogens is 735 g/mol. The van der Waals surface area contributed by atoms with Crippen molar-refractivity contribution in [2.24, 2.45) is 0 Å². The van der Waals surface area contributed by atoms with E-state index in [1.54, 1.807) is 0 Å². The van der Waals surface area contributed by atoms with Gasteiger partial charge in [0.05, 0.1) is 16.7 Å². The van der Waals surface area contributed by atoms with Crippen LogP contribution in [0.15, 0.2) is 200 Å². The average Bonchev–Trinajstić information content (AvgIpc) is 3.76. The Morgan fingerprint density at radius 3 is 1.89 bits per heavy atom. The van der Waals surface area contributed by atoms with Gasteiger partial charge < -0.3 is 4.57 Å². The van der Waals surface area contributed by atoms with Crippen molar-refractivity contribution < 1.29 is 0 Å². The summed E-state index contributed by atoms with van der Waals surface area (Å²) < 4.78 is 2.63. The second-order valence-corrected chi connectivity index (χ2v) is 17.1. The van der Waals surface area contributed by atoms with E-state index in [1.807, 2.05) is 0 Å². The predicted octanol–water partition coefficient (Wildman–Crippen LogP) is 16.6. The molecule has 0 radical (unpaired) electrons. The molecule has 12 rings (SSSR count). The summed E-state index contributed by atoms with van der Waals surface area (Å²) in [6.45, 7) is 6.96. The molecular formula is C60H43N. The number of allylic oxidation sites excluding steroid dienone is 3. The predicted molar refractivity (Wildman–Crippen MR) is 263 cm³/mol. The zero-order chi connectivity index (χ0) is 40.8. The average molecular weight is 778 g/mol. The molecule has 1 nitrogen and oxygen atoms in total. The van der Waals surface area contributed by atoms with E-state index in [9.17, 15) is 0 Å². The SMILES string of the molecule is C/C=C\C=C/c1cccc(-c2cc3c(c4ccccc24)-c2ccc4c5c6ccccc6c(-c6cccc7ccccc67)cc5n(-c5cccc6ccccc56)c4c2C3(C)C)c1. The lowest BCUT2D eigenvalue weighted by molar-refractivity contribution is 0.664. The summed E-state index contributed by atoms with van der Waals surface area (Å²) in [7, 11) is 0. The lowest BCUT2D eigenvalue weighted by Crippen LogP contribution is -2.17. The molecule has 0 unspecified atom stereocenters. The fourth-order valence-electron chi connectivity index (χ4n) is 10.8. The van der Waals surface area contributed by atoms with E-state index < -0.39 is 0 Å². The monoisotopic (exact) mass is 777 g/mol. The third-order valence-electron chi connectivity index (χ3n) is 13.4. The fraction of sp³-hybridized carbons (Fsp3) is 0.0667. The third-order valence-corrected chi connectivity index (χ3v) is 13.4. The number of aromatic nitrogens is 1.